The smallest absolute Gasteiger partial charge is 0.0714 e. The van der Waals surface area contributed by atoms with Gasteiger partial charge in [0.05, 0.1) is 5.52 Å². The van der Waals surface area contributed by atoms with E-state index in [2.05, 4.69) is 188 Å². The fourth-order valence-electron chi connectivity index (χ4n) is 8.23. The summed E-state index contributed by atoms with van der Waals surface area (Å²) >= 11 is 0. The molecule has 0 aliphatic carbocycles. The highest BCUT2D eigenvalue weighted by atomic mass is 14.6. The summed E-state index contributed by atoms with van der Waals surface area (Å²) in [5.41, 5.74) is 13.2. The predicted octanol–water partition coefficient (Wildman–Crippen LogP) is 14.0. The number of pyridine rings is 1. The van der Waals surface area contributed by atoms with Crippen LogP contribution in [-0.2, 0) is 0 Å². The van der Waals surface area contributed by atoms with Gasteiger partial charge in [0.15, 0.2) is 0 Å². The molecule has 0 fully saturated rings. The summed E-state index contributed by atoms with van der Waals surface area (Å²) in [6, 6.07) is 70.6. The fourth-order valence-corrected chi connectivity index (χ4v) is 8.23. The maximum atomic E-state index is 4.82. The van der Waals surface area contributed by atoms with Crippen molar-refractivity contribution < 1.29 is 0 Å². The molecule has 1 aromatic heterocycles. The summed E-state index contributed by atoms with van der Waals surface area (Å²) in [5, 5.41) is 8.54. The molecule has 0 spiro atoms. The third-order valence-electron chi connectivity index (χ3n) is 10.5. The van der Waals surface area contributed by atoms with E-state index in [1.807, 2.05) is 12.3 Å². The van der Waals surface area contributed by atoms with Gasteiger partial charge in [-0.05, 0) is 106 Å². The van der Waals surface area contributed by atoms with E-state index in [9.17, 15) is 0 Å². The molecule has 0 amide bonds. The molecule has 0 saturated carbocycles. The zero-order valence-corrected chi connectivity index (χ0v) is 28.5. The summed E-state index contributed by atoms with van der Waals surface area (Å²) in [6.45, 7) is 0. The summed E-state index contributed by atoms with van der Waals surface area (Å²) in [7, 11) is 0. The Labute approximate surface area is 303 Å². The van der Waals surface area contributed by atoms with Gasteiger partial charge in [-0.25, -0.2) is 0 Å². The highest BCUT2D eigenvalue weighted by molar-refractivity contribution is 6.24. The Bertz CT molecular complexity index is 2940. The van der Waals surface area contributed by atoms with Crippen molar-refractivity contribution in [2.24, 2.45) is 0 Å². The minimum absolute atomic E-state index is 1.00. The van der Waals surface area contributed by atoms with Crippen LogP contribution >= 0.6 is 0 Å². The molecule has 0 aliphatic heterocycles. The van der Waals surface area contributed by atoms with Crippen molar-refractivity contribution in [2.75, 3.05) is 0 Å². The van der Waals surface area contributed by atoms with Crippen LogP contribution in [-0.4, -0.2) is 4.98 Å². The van der Waals surface area contributed by atoms with Gasteiger partial charge in [-0.15, -0.1) is 0 Å². The highest BCUT2D eigenvalue weighted by Crippen LogP contribution is 2.49. The molecule has 0 saturated heterocycles. The lowest BCUT2D eigenvalue weighted by Gasteiger charge is -2.22. The van der Waals surface area contributed by atoms with E-state index in [1.165, 1.54) is 93.3 Å². The lowest BCUT2D eigenvalue weighted by atomic mass is 9.81. The molecule has 10 aromatic rings. The summed E-state index contributed by atoms with van der Waals surface area (Å²) in [6.07, 6.45) is 1.89. The molecular formula is C51H33N. The number of hydrogen-bond donors (Lipinski definition) is 0. The lowest BCUT2D eigenvalue weighted by Crippen LogP contribution is -1.95. The molecular weight excluding hydrogens is 627 g/mol. The molecule has 9 aromatic carbocycles. The first kappa shape index (κ1) is 30.0. The zero-order chi connectivity index (χ0) is 34.4. The van der Waals surface area contributed by atoms with Crippen molar-refractivity contribution >= 4 is 43.2 Å². The molecule has 1 nitrogen and oxygen atoms in total. The van der Waals surface area contributed by atoms with E-state index >= 15 is 0 Å². The molecule has 0 aliphatic rings. The van der Waals surface area contributed by atoms with Crippen molar-refractivity contribution in [3.63, 3.8) is 0 Å². The standard InChI is InChI=1S/C51H33N/c1-3-16-34(17-4-1)37-20-7-11-24-42(37)50-44-26-13-14-27-45(44)51(43-25-12-8-21-38(43)35-18-5-2-6-19-35)48-32-36(29-30-46(48)50)47-33-49-41(28-15-31-52-49)39-22-9-10-23-40(39)47/h1-33H. The van der Waals surface area contributed by atoms with Crippen LogP contribution in [0.1, 0.15) is 0 Å². The van der Waals surface area contributed by atoms with E-state index in [0.29, 0.717) is 0 Å². The van der Waals surface area contributed by atoms with Crippen LogP contribution < -0.4 is 0 Å². The molecule has 10 rings (SSSR count). The van der Waals surface area contributed by atoms with Gasteiger partial charge in [0, 0.05) is 11.6 Å². The van der Waals surface area contributed by atoms with Gasteiger partial charge in [-0.2, -0.15) is 0 Å². The number of fused-ring (bicyclic) bond motifs is 5. The maximum Gasteiger partial charge on any atom is 0.0714 e. The number of nitrogens with zero attached hydrogens (tertiary/aromatic N) is 1. The van der Waals surface area contributed by atoms with Crippen molar-refractivity contribution in [1.82, 2.24) is 4.98 Å². The summed E-state index contributed by atoms with van der Waals surface area (Å²) in [4.78, 5) is 4.82. The van der Waals surface area contributed by atoms with Gasteiger partial charge < -0.3 is 0 Å². The van der Waals surface area contributed by atoms with E-state index in [4.69, 9.17) is 4.98 Å². The number of benzene rings is 9. The second-order valence-electron chi connectivity index (χ2n) is 13.4. The van der Waals surface area contributed by atoms with Crippen LogP contribution in [0.15, 0.2) is 200 Å². The number of hydrogen-bond acceptors (Lipinski definition) is 1. The van der Waals surface area contributed by atoms with Crippen molar-refractivity contribution in [3.8, 4) is 55.6 Å². The predicted molar refractivity (Wildman–Crippen MR) is 221 cm³/mol. The molecule has 52 heavy (non-hydrogen) atoms. The largest absolute Gasteiger partial charge is 0.256 e. The lowest BCUT2D eigenvalue weighted by molar-refractivity contribution is 1.42. The quantitative estimate of drug-likeness (QED) is 0.132. The van der Waals surface area contributed by atoms with Crippen LogP contribution in [0.25, 0.3) is 98.9 Å². The first-order valence-corrected chi connectivity index (χ1v) is 17.9. The Morgan fingerprint density at radius 1 is 0.250 bits per heavy atom. The Morgan fingerprint density at radius 2 is 0.712 bits per heavy atom. The molecule has 0 bridgehead atoms. The van der Waals surface area contributed by atoms with Crippen molar-refractivity contribution in [3.05, 3.63) is 200 Å². The topological polar surface area (TPSA) is 12.9 Å². The van der Waals surface area contributed by atoms with E-state index in [0.717, 1.165) is 5.52 Å². The van der Waals surface area contributed by atoms with Crippen LogP contribution in [0.3, 0.4) is 0 Å². The second kappa shape index (κ2) is 12.5. The average Bonchev–Trinajstić information content (AvgIpc) is 3.23. The summed E-state index contributed by atoms with van der Waals surface area (Å²) < 4.78 is 0. The van der Waals surface area contributed by atoms with E-state index in [1.54, 1.807) is 0 Å². The Balaban J connectivity index is 1.36. The van der Waals surface area contributed by atoms with Crippen molar-refractivity contribution in [2.45, 2.75) is 0 Å². The van der Waals surface area contributed by atoms with Gasteiger partial charge in [0.2, 0.25) is 0 Å². The van der Waals surface area contributed by atoms with E-state index in [-0.39, 0.29) is 0 Å². The highest BCUT2D eigenvalue weighted by Gasteiger charge is 2.21. The Morgan fingerprint density at radius 3 is 1.33 bits per heavy atom. The third-order valence-corrected chi connectivity index (χ3v) is 10.5. The third kappa shape index (κ3) is 4.90. The maximum absolute atomic E-state index is 4.82. The minimum Gasteiger partial charge on any atom is -0.256 e. The number of aromatic nitrogens is 1. The molecule has 0 atom stereocenters. The van der Waals surface area contributed by atoms with Crippen LogP contribution in [0.4, 0.5) is 0 Å². The van der Waals surface area contributed by atoms with Crippen molar-refractivity contribution in [1.29, 1.82) is 0 Å². The molecule has 0 N–H and O–H groups in total. The molecule has 1 heterocycles. The first-order chi connectivity index (χ1) is 25.8. The first-order valence-electron chi connectivity index (χ1n) is 17.9. The molecule has 0 unspecified atom stereocenters. The number of rotatable bonds is 5. The zero-order valence-electron chi connectivity index (χ0n) is 28.5. The van der Waals surface area contributed by atoms with Crippen LogP contribution in [0, 0.1) is 0 Å². The van der Waals surface area contributed by atoms with Crippen LogP contribution in [0.2, 0.25) is 0 Å². The summed E-state index contributed by atoms with van der Waals surface area (Å²) in [5.74, 6) is 0. The molecule has 1 heteroatoms. The van der Waals surface area contributed by atoms with Crippen LogP contribution in [0.5, 0.6) is 0 Å². The van der Waals surface area contributed by atoms with Gasteiger partial charge >= 0.3 is 0 Å². The Hall–Kier alpha value is -6.83. The normalized spacial score (nSPS) is 11.5. The molecule has 242 valence electrons. The van der Waals surface area contributed by atoms with Gasteiger partial charge in [-0.3, -0.25) is 4.98 Å². The second-order valence-corrected chi connectivity index (χ2v) is 13.4. The van der Waals surface area contributed by atoms with Gasteiger partial charge in [0.1, 0.15) is 0 Å². The van der Waals surface area contributed by atoms with E-state index < -0.39 is 0 Å². The molecule has 0 radical (unpaired) electrons. The van der Waals surface area contributed by atoms with Gasteiger partial charge in [-0.1, -0.05) is 176 Å². The Kier molecular flexibility index (Phi) is 7.22. The SMILES string of the molecule is c1ccc(-c2ccccc2-c2c3ccccc3c(-c3ccccc3-c3ccccc3)c3cc(-c4cc5ncccc5c5ccccc45)ccc23)cc1. The average molecular weight is 660 g/mol. The monoisotopic (exact) mass is 659 g/mol. The van der Waals surface area contributed by atoms with Gasteiger partial charge in [0.25, 0.3) is 0 Å². The fraction of sp³-hybridized carbons (Fsp3) is 0. The minimum atomic E-state index is 1.00.